The summed E-state index contributed by atoms with van der Waals surface area (Å²) in [5.74, 6) is -0.176. The zero-order chi connectivity index (χ0) is 65.3. The number of carbonyl (C=O) groups is 2. The van der Waals surface area contributed by atoms with Crippen molar-refractivity contribution in [1.29, 1.82) is 10.5 Å². The van der Waals surface area contributed by atoms with Gasteiger partial charge in [0.05, 0.1) is 57.9 Å². The first-order chi connectivity index (χ1) is 43.9. The van der Waals surface area contributed by atoms with Crippen LogP contribution in [-0.2, 0) is 17.8 Å². The minimum Gasteiger partial charge on any atom is -0.465 e. The molecule has 0 aliphatic carbocycles. The lowest BCUT2D eigenvalue weighted by molar-refractivity contribution is 0.0600. The zero-order valence-electron chi connectivity index (χ0n) is 50.3. The lowest BCUT2D eigenvalue weighted by atomic mass is 10.1. The summed E-state index contributed by atoms with van der Waals surface area (Å²) in [7, 11) is 1.34. The van der Waals surface area contributed by atoms with E-state index in [1.54, 1.807) is 70.7 Å². The standard InChI is InChI=1S/C31H29N9O3.C30H28N10O3.C4H9I/c1-3-22(36-27-21(16-32)26(33)38-31(34)39-27)28-37-24-11-7-10-23(25(24)29(41)40(28)20-8-5-4-6-9-20)35-17-18-12-14-19(15-13-18)30(42)43-2;1-2-21(35-26-20(15-31)25(32)37-30(33)38-26)27-36-23-10-6-9-22(24(23)29(42)40(27)19-7-4-3-5-8-19)34-16-17-11-13-18(14-12-17)28(41)39-43;1-3-4(2)5/h4-15,22,35H,3,17H2,1-2H3,(H5,33,34,36,38,39);3-14,21,34,43H,2,16H2,1H3,(H,39,41)(H5,32,33,35,37,38);4H,3H2,1-2H3/t22-;21-;/m00./s1. The molecule has 1 amide bonds. The van der Waals surface area contributed by atoms with Gasteiger partial charge in [-0.1, -0.05) is 123 Å². The van der Waals surface area contributed by atoms with Crippen molar-refractivity contribution in [3.63, 3.8) is 0 Å². The zero-order valence-corrected chi connectivity index (χ0v) is 52.4. The third kappa shape index (κ3) is 15.6. The van der Waals surface area contributed by atoms with Gasteiger partial charge in [0.15, 0.2) is 11.6 Å². The summed E-state index contributed by atoms with van der Waals surface area (Å²) >= 11 is 2.41. The number of carbonyl (C=O) groups excluding carboxylic acids is 2. The third-order valence-corrected chi connectivity index (χ3v) is 15.2. The molecule has 91 heavy (non-hydrogen) atoms. The number of hydrogen-bond acceptors (Lipinski definition) is 22. The number of benzene rings is 6. The number of methoxy groups -OCH3 is 1. The van der Waals surface area contributed by atoms with Crippen molar-refractivity contribution in [3.05, 3.63) is 211 Å². The number of ether oxygens (including phenoxy) is 1. The molecule has 0 saturated carbocycles. The van der Waals surface area contributed by atoms with Gasteiger partial charge >= 0.3 is 5.97 Å². The molecule has 1 unspecified atom stereocenters. The molecule has 0 spiro atoms. The SMILES string of the molecule is CCC(C)I.CC[C@H](Nc1nc(N)nc(N)c1C#N)c1nc2cccc(NCc3ccc(C(=O)NO)cc3)c2c(=O)n1-c1ccccc1.CC[C@H](Nc1nc(N)nc(N)c1C#N)c1nc2cccc(NCc3ccc(C(=O)OC)cc3)c2c(=O)n1-c1ccccc1. The van der Waals surface area contributed by atoms with E-state index in [0.29, 0.717) is 93.3 Å². The Morgan fingerprint density at radius 1 is 0.571 bits per heavy atom. The van der Waals surface area contributed by atoms with Crippen LogP contribution in [0.3, 0.4) is 0 Å². The first-order valence-electron chi connectivity index (χ1n) is 28.7. The van der Waals surface area contributed by atoms with E-state index in [-0.39, 0.29) is 57.4 Å². The molecule has 0 aliphatic rings. The summed E-state index contributed by atoms with van der Waals surface area (Å²) < 4.78 is 8.72. The largest absolute Gasteiger partial charge is 0.465 e. The number of nitrogens with zero attached hydrogens (tertiary/aromatic N) is 10. The number of aromatic nitrogens is 8. The maximum absolute atomic E-state index is 14.3. The highest BCUT2D eigenvalue weighted by Gasteiger charge is 2.26. The Kier molecular flexibility index (Phi) is 22.1. The van der Waals surface area contributed by atoms with Gasteiger partial charge in [0.25, 0.3) is 17.0 Å². The van der Waals surface area contributed by atoms with Gasteiger partial charge in [-0.3, -0.25) is 28.7 Å². The minimum atomic E-state index is -0.604. The molecule has 26 heteroatoms. The fourth-order valence-electron chi connectivity index (χ4n) is 9.47. The first-order valence-corrected chi connectivity index (χ1v) is 29.9. The van der Waals surface area contributed by atoms with Crippen LogP contribution in [0.4, 0.5) is 46.5 Å². The lowest BCUT2D eigenvalue weighted by Crippen LogP contribution is -2.29. The Labute approximate surface area is 536 Å². The smallest absolute Gasteiger partial charge is 0.337 e. The van der Waals surface area contributed by atoms with Crippen LogP contribution in [0.15, 0.2) is 155 Å². The van der Waals surface area contributed by atoms with Crippen LogP contribution in [0.2, 0.25) is 0 Å². The summed E-state index contributed by atoms with van der Waals surface area (Å²) in [6.07, 6.45) is 2.25. The molecule has 0 bridgehead atoms. The number of halogens is 1. The quantitative estimate of drug-likeness (QED) is 0.0118. The third-order valence-electron chi connectivity index (χ3n) is 14.3. The number of esters is 1. The van der Waals surface area contributed by atoms with Crippen molar-refractivity contribution in [1.82, 2.24) is 44.5 Å². The maximum Gasteiger partial charge on any atom is 0.337 e. The number of alkyl halides is 1. The van der Waals surface area contributed by atoms with Crippen LogP contribution in [0.5, 0.6) is 0 Å². The number of nitriles is 2. The number of nitrogen functional groups attached to an aromatic ring is 4. The fourth-order valence-corrected chi connectivity index (χ4v) is 9.47. The van der Waals surface area contributed by atoms with Crippen molar-refractivity contribution in [2.24, 2.45) is 0 Å². The number of para-hydroxylation sites is 2. The molecule has 10 rings (SSSR count). The molecule has 4 heterocycles. The van der Waals surface area contributed by atoms with E-state index in [4.69, 9.17) is 42.8 Å². The molecular weight excluding hydrogens is 1270 g/mol. The highest BCUT2D eigenvalue weighted by atomic mass is 127. The topological polar surface area (TPSA) is 397 Å². The summed E-state index contributed by atoms with van der Waals surface area (Å²) in [5.41, 5.74) is 30.5. The molecule has 0 fully saturated rings. The van der Waals surface area contributed by atoms with Crippen molar-refractivity contribution >= 4 is 103 Å². The Hall–Kier alpha value is -11.2. The second-order valence-electron chi connectivity index (χ2n) is 20.3. The van der Waals surface area contributed by atoms with Crippen LogP contribution in [0, 0.1) is 22.7 Å². The molecule has 0 saturated heterocycles. The average Bonchev–Trinajstić information content (AvgIpc) is 0.818. The number of nitrogens with one attached hydrogen (secondary N) is 5. The molecule has 10 aromatic rings. The van der Waals surface area contributed by atoms with Gasteiger partial charge in [0.2, 0.25) is 11.9 Å². The number of hydrogen-bond donors (Lipinski definition) is 10. The van der Waals surface area contributed by atoms with Crippen LogP contribution < -0.4 is 60.8 Å². The Morgan fingerprint density at radius 2 is 0.967 bits per heavy atom. The molecule has 0 radical (unpaired) electrons. The number of anilines is 8. The van der Waals surface area contributed by atoms with Crippen LogP contribution >= 0.6 is 22.6 Å². The normalized spacial score (nSPS) is 11.7. The Bertz CT molecular complexity index is 4170. The number of rotatable bonds is 19. The van der Waals surface area contributed by atoms with Crippen LogP contribution in [0.1, 0.15) is 114 Å². The molecule has 14 N–H and O–H groups in total. The number of hydroxylamine groups is 1. The van der Waals surface area contributed by atoms with Crippen molar-refractivity contribution in [2.75, 3.05) is 51.3 Å². The van der Waals surface area contributed by atoms with Crippen LogP contribution in [0.25, 0.3) is 33.2 Å². The molecule has 3 atom stereocenters. The molecular formula is C65H66IN19O6. The average molecular weight is 1340 g/mol. The van der Waals surface area contributed by atoms with Gasteiger partial charge in [-0.05, 0) is 103 Å². The number of fused-ring (bicyclic) bond motifs is 2. The van der Waals surface area contributed by atoms with Gasteiger partial charge in [0, 0.05) is 34.0 Å². The highest BCUT2D eigenvalue weighted by molar-refractivity contribution is 14.1. The van der Waals surface area contributed by atoms with Gasteiger partial charge in [0.1, 0.15) is 46.5 Å². The Morgan fingerprint density at radius 3 is 1.32 bits per heavy atom. The van der Waals surface area contributed by atoms with E-state index in [1.165, 1.54) is 18.1 Å². The van der Waals surface area contributed by atoms with E-state index in [0.717, 1.165) is 15.1 Å². The monoisotopic (exact) mass is 1340 g/mol. The number of amides is 1. The summed E-state index contributed by atoms with van der Waals surface area (Å²) in [6, 6.07) is 45.7. The van der Waals surface area contributed by atoms with E-state index in [2.05, 4.69) is 77.6 Å². The van der Waals surface area contributed by atoms with Gasteiger partial charge in [-0.2, -0.15) is 30.5 Å². The second-order valence-corrected chi connectivity index (χ2v) is 22.5. The maximum atomic E-state index is 14.3. The van der Waals surface area contributed by atoms with E-state index >= 15 is 0 Å². The highest BCUT2D eigenvalue weighted by Crippen LogP contribution is 2.32. The second kappa shape index (κ2) is 30.6. The molecule has 464 valence electrons. The molecule has 6 aromatic carbocycles. The molecule has 4 aromatic heterocycles. The number of nitrogens with two attached hydrogens (primary N) is 4. The van der Waals surface area contributed by atoms with Gasteiger partial charge in [-0.25, -0.2) is 20.2 Å². The minimum absolute atomic E-state index is 0.0403. The summed E-state index contributed by atoms with van der Waals surface area (Å²) in [4.78, 5) is 78.1. The Balaban J connectivity index is 0.000000218. The van der Waals surface area contributed by atoms with E-state index in [1.807, 2.05) is 111 Å². The summed E-state index contributed by atoms with van der Waals surface area (Å²) in [5, 5.41) is 42.1. The first kappa shape index (κ1) is 65.7. The van der Waals surface area contributed by atoms with Crippen molar-refractivity contribution in [2.45, 2.75) is 76.1 Å². The summed E-state index contributed by atoms with van der Waals surface area (Å²) in [6.45, 7) is 9.00. The predicted octanol–water partition coefficient (Wildman–Crippen LogP) is 9.90. The predicted molar refractivity (Wildman–Crippen MR) is 361 cm³/mol. The van der Waals surface area contributed by atoms with E-state index in [9.17, 15) is 29.7 Å². The van der Waals surface area contributed by atoms with Crippen molar-refractivity contribution < 1.29 is 19.5 Å². The van der Waals surface area contributed by atoms with Crippen LogP contribution in [-0.4, -0.2) is 67.2 Å². The van der Waals surface area contributed by atoms with E-state index < -0.39 is 24.0 Å². The van der Waals surface area contributed by atoms with Crippen molar-refractivity contribution in [3.8, 4) is 23.5 Å². The molecule has 25 nitrogen and oxygen atoms in total. The van der Waals surface area contributed by atoms with Gasteiger partial charge in [-0.15, -0.1) is 0 Å². The van der Waals surface area contributed by atoms with Gasteiger partial charge < -0.3 is 48.9 Å². The fraction of sp³-hybridized carbons (Fsp3) is 0.200. The lowest BCUT2D eigenvalue weighted by Gasteiger charge is -2.23. The molecule has 0 aliphatic heterocycles.